The van der Waals surface area contributed by atoms with Gasteiger partial charge in [-0.1, -0.05) is 6.07 Å². The molecule has 4 rings (SSSR count). The number of hydrogen-bond donors (Lipinski definition) is 0. The van der Waals surface area contributed by atoms with Crippen molar-refractivity contribution in [2.45, 2.75) is 24.3 Å². The summed E-state index contributed by atoms with van der Waals surface area (Å²) in [5.41, 5.74) is 1.04. The molecular weight excluding hydrogens is 428 g/mol. The molecule has 0 bridgehead atoms. The van der Waals surface area contributed by atoms with Gasteiger partial charge in [0.2, 0.25) is 15.9 Å². The molecule has 0 N–H and O–H groups in total. The van der Waals surface area contributed by atoms with E-state index in [-0.39, 0.29) is 16.7 Å². The van der Waals surface area contributed by atoms with Crippen LogP contribution in [0.2, 0.25) is 0 Å². The van der Waals surface area contributed by atoms with Crippen LogP contribution in [0, 0.1) is 5.92 Å². The SMILES string of the molecule is COc1ccc(S(=O)(=O)N2CCC(C(=O)N3CCN(Cc4ccccn4)CC3)CC2)cc1. The zero-order chi connectivity index (χ0) is 22.6. The van der Waals surface area contributed by atoms with Crippen LogP contribution >= 0.6 is 0 Å². The fourth-order valence-corrected chi connectivity index (χ4v) is 5.81. The molecule has 1 aromatic heterocycles. The fraction of sp³-hybridized carbons (Fsp3) is 0.478. The lowest BCUT2D eigenvalue weighted by Gasteiger charge is -2.38. The number of benzene rings is 1. The summed E-state index contributed by atoms with van der Waals surface area (Å²) in [5, 5.41) is 0. The average molecular weight is 459 g/mol. The summed E-state index contributed by atoms with van der Waals surface area (Å²) < 4.78 is 32.5. The first-order valence-corrected chi connectivity index (χ1v) is 12.5. The monoisotopic (exact) mass is 458 g/mol. The summed E-state index contributed by atoms with van der Waals surface area (Å²) in [6.45, 7) is 4.59. The second-order valence-electron chi connectivity index (χ2n) is 8.28. The zero-order valence-electron chi connectivity index (χ0n) is 18.4. The molecule has 2 aromatic rings. The Morgan fingerprint density at radius 3 is 2.28 bits per heavy atom. The predicted octanol–water partition coefficient (Wildman–Crippen LogP) is 1.84. The zero-order valence-corrected chi connectivity index (χ0v) is 19.2. The number of amides is 1. The first-order chi connectivity index (χ1) is 15.5. The van der Waals surface area contributed by atoms with E-state index >= 15 is 0 Å². The highest BCUT2D eigenvalue weighted by Crippen LogP contribution is 2.26. The van der Waals surface area contributed by atoms with E-state index in [1.165, 1.54) is 4.31 Å². The number of carbonyl (C=O) groups excluding carboxylic acids is 1. The number of sulfonamides is 1. The fourth-order valence-electron chi connectivity index (χ4n) is 4.35. The van der Waals surface area contributed by atoms with Gasteiger partial charge >= 0.3 is 0 Å². The normalized spacial score (nSPS) is 19.1. The maximum atomic E-state index is 13.0. The lowest BCUT2D eigenvalue weighted by atomic mass is 9.96. The van der Waals surface area contributed by atoms with E-state index in [1.807, 2.05) is 23.1 Å². The van der Waals surface area contributed by atoms with Gasteiger partial charge in [-0.05, 0) is 49.2 Å². The largest absolute Gasteiger partial charge is 0.497 e. The first-order valence-electron chi connectivity index (χ1n) is 11.0. The number of piperazine rings is 1. The molecule has 0 atom stereocenters. The van der Waals surface area contributed by atoms with Crippen molar-refractivity contribution < 1.29 is 17.9 Å². The van der Waals surface area contributed by atoms with E-state index in [1.54, 1.807) is 37.6 Å². The second kappa shape index (κ2) is 9.97. The van der Waals surface area contributed by atoms with Crippen LogP contribution in [0.4, 0.5) is 0 Å². The maximum Gasteiger partial charge on any atom is 0.243 e. The summed E-state index contributed by atoms with van der Waals surface area (Å²) in [5.74, 6) is 0.664. The van der Waals surface area contributed by atoms with Crippen LogP contribution in [0.15, 0.2) is 53.6 Å². The van der Waals surface area contributed by atoms with Gasteiger partial charge in [-0.25, -0.2) is 8.42 Å². The van der Waals surface area contributed by atoms with Crippen molar-refractivity contribution in [1.29, 1.82) is 0 Å². The summed E-state index contributed by atoms with van der Waals surface area (Å²) >= 11 is 0. The quantitative estimate of drug-likeness (QED) is 0.657. The first kappa shape index (κ1) is 22.7. The molecule has 9 heteroatoms. The number of pyridine rings is 1. The summed E-state index contributed by atoms with van der Waals surface area (Å²) in [6.07, 6.45) is 2.92. The van der Waals surface area contributed by atoms with Crippen molar-refractivity contribution in [3.63, 3.8) is 0 Å². The smallest absolute Gasteiger partial charge is 0.243 e. The highest BCUT2D eigenvalue weighted by atomic mass is 32.2. The van der Waals surface area contributed by atoms with Gasteiger partial charge in [-0.2, -0.15) is 4.31 Å². The molecule has 2 fully saturated rings. The molecule has 2 aliphatic rings. The molecule has 0 unspecified atom stereocenters. The number of nitrogens with zero attached hydrogens (tertiary/aromatic N) is 4. The number of ether oxygens (including phenoxy) is 1. The minimum absolute atomic E-state index is 0.111. The molecule has 0 radical (unpaired) electrons. The average Bonchev–Trinajstić information content (AvgIpc) is 2.85. The molecule has 2 saturated heterocycles. The van der Waals surface area contributed by atoms with Gasteiger partial charge in [0.1, 0.15) is 5.75 Å². The molecule has 0 saturated carbocycles. The second-order valence-corrected chi connectivity index (χ2v) is 10.2. The molecule has 172 valence electrons. The van der Waals surface area contributed by atoms with Crippen LogP contribution in [0.25, 0.3) is 0 Å². The highest BCUT2D eigenvalue weighted by molar-refractivity contribution is 7.89. The molecule has 32 heavy (non-hydrogen) atoms. The van der Waals surface area contributed by atoms with Crippen molar-refractivity contribution in [2.75, 3.05) is 46.4 Å². The highest BCUT2D eigenvalue weighted by Gasteiger charge is 2.34. The van der Waals surface area contributed by atoms with Gasteiger partial charge in [-0.15, -0.1) is 0 Å². The number of hydrogen-bond acceptors (Lipinski definition) is 6. The van der Waals surface area contributed by atoms with E-state index in [2.05, 4.69) is 9.88 Å². The van der Waals surface area contributed by atoms with E-state index in [9.17, 15) is 13.2 Å². The molecular formula is C23H30N4O4S. The minimum atomic E-state index is -3.56. The minimum Gasteiger partial charge on any atom is -0.497 e. The Hall–Kier alpha value is -2.49. The lowest BCUT2D eigenvalue weighted by molar-refractivity contribution is -0.138. The molecule has 0 spiro atoms. The topological polar surface area (TPSA) is 83.0 Å². The Morgan fingerprint density at radius 1 is 1.00 bits per heavy atom. The standard InChI is InChI=1S/C23H30N4O4S/c1-31-21-5-7-22(8-6-21)32(29,30)27-12-9-19(10-13-27)23(28)26-16-14-25(15-17-26)18-20-4-2-3-11-24-20/h2-8,11,19H,9-10,12-18H2,1H3. The van der Waals surface area contributed by atoms with Gasteiger partial charge in [0.05, 0.1) is 17.7 Å². The van der Waals surface area contributed by atoms with Crippen LogP contribution < -0.4 is 4.74 Å². The molecule has 3 heterocycles. The van der Waals surface area contributed by atoms with Crippen LogP contribution in [0.3, 0.4) is 0 Å². The molecule has 0 aliphatic carbocycles. The third-order valence-corrected chi connectivity index (χ3v) is 8.21. The molecule has 8 nitrogen and oxygen atoms in total. The lowest BCUT2D eigenvalue weighted by Crippen LogP contribution is -2.51. The van der Waals surface area contributed by atoms with E-state index < -0.39 is 10.0 Å². The van der Waals surface area contributed by atoms with Crippen LogP contribution in [-0.2, 0) is 21.4 Å². The van der Waals surface area contributed by atoms with E-state index in [0.717, 1.165) is 25.3 Å². The number of carbonyl (C=O) groups is 1. The maximum absolute atomic E-state index is 13.0. The molecule has 2 aliphatic heterocycles. The number of aromatic nitrogens is 1. The summed E-state index contributed by atoms with van der Waals surface area (Å²) in [7, 11) is -2.01. The Labute approximate surface area is 189 Å². The summed E-state index contributed by atoms with van der Waals surface area (Å²) in [6, 6.07) is 12.3. The number of methoxy groups -OCH3 is 1. The van der Waals surface area contributed by atoms with Crippen LogP contribution in [0.5, 0.6) is 5.75 Å². The van der Waals surface area contributed by atoms with Gasteiger partial charge in [0.15, 0.2) is 0 Å². The van der Waals surface area contributed by atoms with Gasteiger partial charge in [-0.3, -0.25) is 14.7 Å². The molecule has 1 amide bonds. The number of rotatable bonds is 6. The molecule has 1 aromatic carbocycles. The Morgan fingerprint density at radius 2 is 1.69 bits per heavy atom. The van der Waals surface area contributed by atoms with Crippen molar-refractivity contribution >= 4 is 15.9 Å². The van der Waals surface area contributed by atoms with E-state index in [4.69, 9.17) is 4.74 Å². The van der Waals surface area contributed by atoms with Crippen molar-refractivity contribution in [1.82, 2.24) is 19.1 Å². The van der Waals surface area contributed by atoms with Gasteiger partial charge in [0, 0.05) is 57.9 Å². The van der Waals surface area contributed by atoms with Crippen molar-refractivity contribution in [2.24, 2.45) is 5.92 Å². The van der Waals surface area contributed by atoms with Gasteiger partial charge < -0.3 is 9.64 Å². The Bertz CT molecular complexity index is 998. The van der Waals surface area contributed by atoms with Crippen molar-refractivity contribution in [3.05, 3.63) is 54.4 Å². The Kier molecular flexibility index (Phi) is 7.07. The van der Waals surface area contributed by atoms with E-state index in [0.29, 0.717) is 44.8 Å². The van der Waals surface area contributed by atoms with Crippen LogP contribution in [-0.4, -0.2) is 79.8 Å². The van der Waals surface area contributed by atoms with Crippen LogP contribution in [0.1, 0.15) is 18.5 Å². The predicted molar refractivity (Wildman–Crippen MR) is 121 cm³/mol. The third kappa shape index (κ3) is 5.11. The number of piperidine rings is 1. The summed E-state index contributed by atoms with van der Waals surface area (Å²) in [4.78, 5) is 21.9. The third-order valence-electron chi connectivity index (χ3n) is 6.30. The van der Waals surface area contributed by atoms with Gasteiger partial charge in [0.25, 0.3) is 0 Å². The van der Waals surface area contributed by atoms with Crippen molar-refractivity contribution in [3.8, 4) is 5.75 Å². The Balaban J connectivity index is 1.27.